The van der Waals surface area contributed by atoms with E-state index in [9.17, 15) is 14.0 Å². The van der Waals surface area contributed by atoms with E-state index in [4.69, 9.17) is 0 Å². The van der Waals surface area contributed by atoms with Crippen molar-refractivity contribution in [1.82, 2.24) is 9.78 Å². The summed E-state index contributed by atoms with van der Waals surface area (Å²) in [7, 11) is 1.28. The van der Waals surface area contributed by atoms with Crippen molar-refractivity contribution in [3.63, 3.8) is 0 Å². The average Bonchev–Trinajstić information content (AvgIpc) is 2.85. The highest BCUT2D eigenvalue weighted by atomic mass is 19.1. The van der Waals surface area contributed by atoms with Crippen LogP contribution >= 0.6 is 0 Å². The quantitative estimate of drug-likeness (QED) is 0.871. The molecule has 6 nitrogen and oxygen atoms in total. The molecule has 0 bridgehead atoms. The molecule has 0 aliphatic heterocycles. The molecule has 0 aliphatic rings. The molecule has 0 spiro atoms. The van der Waals surface area contributed by atoms with Gasteiger partial charge in [-0.3, -0.25) is 14.3 Å². The van der Waals surface area contributed by atoms with Crippen LogP contribution in [0.25, 0.3) is 0 Å². The topological polar surface area (TPSA) is 73.2 Å². The Morgan fingerprint density at radius 1 is 1.43 bits per heavy atom. The first-order valence-electron chi connectivity index (χ1n) is 6.16. The van der Waals surface area contributed by atoms with E-state index in [1.165, 1.54) is 42.4 Å². The van der Waals surface area contributed by atoms with Gasteiger partial charge in [-0.05, 0) is 30.7 Å². The molecule has 7 heteroatoms. The molecule has 1 N–H and O–H groups in total. The van der Waals surface area contributed by atoms with Crippen molar-refractivity contribution in [2.75, 3.05) is 12.4 Å². The first kappa shape index (κ1) is 14.7. The molecule has 0 saturated carbocycles. The van der Waals surface area contributed by atoms with Gasteiger partial charge >= 0.3 is 5.97 Å². The number of aromatic nitrogens is 2. The molecule has 1 heterocycles. The van der Waals surface area contributed by atoms with Crippen LogP contribution in [0.4, 0.5) is 10.1 Å². The second-order valence-electron chi connectivity index (χ2n) is 4.42. The van der Waals surface area contributed by atoms with Crippen molar-refractivity contribution in [3.05, 3.63) is 47.5 Å². The molecule has 2 aromatic rings. The minimum atomic E-state index is -0.439. The van der Waals surface area contributed by atoms with Crippen LogP contribution in [-0.2, 0) is 16.1 Å². The van der Waals surface area contributed by atoms with E-state index < -0.39 is 11.8 Å². The fourth-order valence-electron chi connectivity index (χ4n) is 1.79. The van der Waals surface area contributed by atoms with E-state index in [2.05, 4.69) is 15.2 Å². The smallest absolute Gasteiger partial charge is 0.327 e. The van der Waals surface area contributed by atoms with Gasteiger partial charge in [0.1, 0.15) is 12.4 Å². The van der Waals surface area contributed by atoms with Crippen LogP contribution in [0, 0.1) is 12.7 Å². The monoisotopic (exact) mass is 291 g/mol. The second kappa shape index (κ2) is 6.17. The standard InChI is InChI=1S/C14H14FN3O3/c1-9-5-10(15)3-4-12(9)14(20)17-11-6-16-18(7-11)8-13(19)21-2/h3-7H,8H2,1-2H3,(H,17,20). The van der Waals surface area contributed by atoms with Gasteiger partial charge in [0.2, 0.25) is 0 Å². The highest BCUT2D eigenvalue weighted by molar-refractivity contribution is 6.05. The van der Waals surface area contributed by atoms with Gasteiger partial charge in [0.05, 0.1) is 19.0 Å². The lowest BCUT2D eigenvalue weighted by Crippen LogP contribution is -2.13. The average molecular weight is 291 g/mol. The number of rotatable bonds is 4. The Kier molecular flexibility index (Phi) is 4.32. The number of aryl methyl sites for hydroxylation is 1. The fourth-order valence-corrected chi connectivity index (χ4v) is 1.79. The van der Waals surface area contributed by atoms with Crippen LogP contribution in [0.3, 0.4) is 0 Å². The summed E-state index contributed by atoms with van der Waals surface area (Å²) in [6.45, 7) is 1.61. The first-order valence-corrected chi connectivity index (χ1v) is 6.16. The summed E-state index contributed by atoms with van der Waals surface area (Å²) < 4.78 is 18.9. The maximum absolute atomic E-state index is 13.0. The van der Waals surface area contributed by atoms with Crippen LogP contribution in [0.2, 0.25) is 0 Å². The first-order chi connectivity index (χ1) is 9.99. The van der Waals surface area contributed by atoms with Crippen LogP contribution in [0.15, 0.2) is 30.6 Å². The molecule has 1 amide bonds. The van der Waals surface area contributed by atoms with Gasteiger partial charge in [-0.25, -0.2) is 4.39 Å². The Balaban J connectivity index is 2.07. The maximum atomic E-state index is 13.0. The number of esters is 1. The Morgan fingerprint density at radius 3 is 2.86 bits per heavy atom. The van der Waals surface area contributed by atoms with Gasteiger partial charge in [-0.2, -0.15) is 5.10 Å². The molecule has 0 radical (unpaired) electrons. The van der Waals surface area contributed by atoms with Crippen molar-refractivity contribution >= 4 is 17.6 Å². The molecule has 2 rings (SSSR count). The molecular weight excluding hydrogens is 277 g/mol. The highest BCUT2D eigenvalue weighted by Crippen LogP contribution is 2.13. The molecule has 21 heavy (non-hydrogen) atoms. The molecular formula is C14H14FN3O3. The number of ether oxygens (including phenoxy) is 1. The molecule has 110 valence electrons. The zero-order valence-electron chi connectivity index (χ0n) is 11.6. The number of benzene rings is 1. The summed E-state index contributed by atoms with van der Waals surface area (Å²) >= 11 is 0. The Bertz CT molecular complexity index is 682. The van der Waals surface area contributed by atoms with E-state index in [1.807, 2.05) is 0 Å². The zero-order chi connectivity index (χ0) is 15.4. The van der Waals surface area contributed by atoms with E-state index >= 15 is 0 Å². The number of anilines is 1. The molecule has 0 aliphatic carbocycles. The summed E-state index contributed by atoms with van der Waals surface area (Å²) in [4.78, 5) is 23.2. The zero-order valence-corrected chi connectivity index (χ0v) is 11.6. The van der Waals surface area contributed by atoms with E-state index in [0.29, 0.717) is 16.8 Å². The van der Waals surface area contributed by atoms with E-state index in [1.54, 1.807) is 6.92 Å². The largest absolute Gasteiger partial charge is 0.468 e. The van der Waals surface area contributed by atoms with E-state index in [0.717, 1.165) is 0 Å². The number of halogens is 1. The number of amides is 1. The summed E-state index contributed by atoms with van der Waals surface area (Å²) in [5, 5.41) is 6.56. The van der Waals surface area contributed by atoms with Gasteiger partial charge in [0.15, 0.2) is 0 Å². The summed E-state index contributed by atoms with van der Waals surface area (Å²) in [5.41, 5.74) is 1.35. The van der Waals surface area contributed by atoms with Crippen LogP contribution < -0.4 is 5.32 Å². The number of hydrogen-bond donors (Lipinski definition) is 1. The fraction of sp³-hybridized carbons (Fsp3) is 0.214. The van der Waals surface area contributed by atoms with Crippen LogP contribution in [-0.4, -0.2) is 28.8 Å². The third kappa shape index (κ3) is 3.65. The van der Waals surface area contributed by atoms with Crippen molar-refractivity contribution in [2.24, 2.45) is 0 Å². The summed E-state index contributed by atoms with van der Waals surface area (Å²) in [6, 6.07) is 3.93. The molecule has 1 aromatic carbocycles. The van der Waals surface area contributed by atoms with Gasteiger partial charge in [0.25, 0.3) is 5.91 Å². The Morgan fingerprint density at radius 2 is 2.19 bits per heavy atom. The Labute approximate surface area is 120 Å². The second-order valence-corrected chi connectivity index (χ2v) is 4.42. The van der Waals surface area contributed by atoms with Gasteiger partial charge in [-0.15, -0.1) is 0 Å². The normalized spacial score (nSPS) is 10.2. The number of methoxy groups -OCH3 is 1. The van der Waals surface area contributed by atoms with Crippen LogP contribution in [0.5, 0.6) is 0 Å². The molecule has 0 atom stereocenters. The number of hydrogen-bond acceptors (Lipinski definition) is 4. The lowest BCUT2D eigenvalue weighted by atomic mass is 10.1. The van der Waals surface area contributed by atoms with Crippen molar-refractivity contribution in [2.45, 2.75) is 13.5 Å². The SMILES string of the molecule is COC(=O)Cn1cc(NC(=O)c2ccc(F)cc2C)cn1. The predicted molar refractivity (Wildman–Crippen MR) is 73.3 cm³/mol. The number of nitrogens with zero attached hydrogens (tertiary/aromatic N) is 2. The van der Waals surface area contributed by atoms with Crippen molar-refractivity contribution in [3.8, 4) is 0 Å². The Hall–Kier alpha value is -2.70. The highest BCUT2D eigenvalue weighted by Gasteiger charge is 2.11. The van der Waals surface area contributed by atoms with Gasteiger partial charge in [0, 0.05) is 11.8 Å². The van der Waals surface area contributed by atoms with Crippen molar-refractivity contribution in [1.29, 1.82) is 0 Å². The third-order valence-electron chi connectivity index (χ3n) is 2.84. The maximum Gasteiger partial charge on any atom is 0.327 e. The summed E-state index contributed by atoms with van der Waals surface area (Å²) in [6.07, 6.45) is 2.92. The lowest BCUT2D eigenvalue weighted by molar-refractivity contribution is -0.141. The summed E-state index contributed by atoms with van der Waals surface area (Å²) in [5.74, 6) is -1.20. The number of carbonyl (C=O) groups is 2. The van der Waals surface area contributed by atoms with Gasteiger partial charge in [-0.1, -0.05) is 0 Å². The molecule has 1 aromatic heterocycles. The molecule has 0 saturated heterocycles. The predicted octanol–water partition coefficient (Wildman–Crippen LogP) is 1.76. The molecule has 0 unspecified atom stereocenters. The molecule has 0 fully saturated rings. The van der Waals surface area contributed by atoms with Gasteiger partial charge < -0.3 is 10.1 Å². The minimum Gasteiger partial charge on any atom is -0.468 e. The third-order valence-corrected chi connectivity index (χ3v) is 2.84. The van der Waals surface area contributed by atoms with Crippen molar-refractivity contribution < 1.29 is 18.7 Å². The number of carbonyl (C=O) groups excluding carboxylic acids is 2. The van der Waals surface area contributed by atoms with E-state index in [-0.39, 0.29) is 12.5 Å². The minimum absolute atomic E-state index is 0.0397. The number of nitrogens with one attached hydrogen (secondary N) is 1. The lowest BCUT2D eigenvalue weighted by Gasteiger charge is -2.05. The van der Waals surface area contributed by atoms with Crippen LogP contribution in [0.1, 0.15) is 15.9 Å².